The summed E-state index contributed by atoms with van der Waals surface area (Å²) in [5.74, 6) is -0.907. The number of fused-ring (bicyclic) bond motifs is 1. The normalized spacial score (nSPS) is 28.2. The Kier molecular flexibility index (Phi) is 5.98. The first-order chi connectivity index (χ1) is 14.8. The standard InChI is InChI=1S/C23H29N3O5/c1-14-6-5-9-18(15(14)2)25-11-16(10-21(25)28)23(30)31-13-22(29)26-12-20(27)24-17-7-3-4-8-19(17)26/h3-4,7-8,14-16,18H,5-6,9-13H2,1-2H3,(H,24,27)/t14-,15+,16+,18+/m0/s1. The number of nitrogens with zero attached hydrogens (tertiary/aromatic N) is 2. The Morgan fingerprint density at radius 2 is 1.94 bits per heavy atom. The van der Waals surface area contributed by atoms with Gasteiger partial charge in [-0.15, -0.1) is 0 Å². The summed E-state index contributed by atoms with van der Waals surface area (Å²) in [6, 6.07) is 7.15. The highest BCUT2D eigenvalue weighted by Gasteiger charge is 2.42. The van der Waals surface area contributed by atoms with E-state index in [2.05, 4.69) is 19.2 Å². The number of carbonyl (C=O) groups excluding carboxylic acids is 4. The molecule has 1 N–H and O–H groups in total. The first kappa shape index (κ1) is 21.3. The fourth-order valence-electron chi connectivity index (χ4n) is 4.99. The Labute approximate surface area is 181 Å². The molecule has 1 aliphatic carbocycles. The summed E-state index contributed by atoms with van der Waals surface area (Å²) in [6.07, 6.45) is 3.35. The molecule has 31 heavy (non-hydrogen) atoms. The predicted octanol–water partition coefficient (Wildman–Crippen LogP) is 2.19. The van der Waals surface area contributed by atoms with E-state index in [0.29, 0.717) is 29.8 Å². The van der Waals surface area contributed by atoms with Crippen LogP contribution in [0.1, 0.15) is 39.5 Å². The van der Waals surface area contributed by atoms with Gasteiger partial charge in [0.15, 0.2) is 6.61 Å². The average Bonchev–Trinajstić information content (AvgIpc) is 3.14. The summed E-state index contributed by atoms with van der Waals surface area (Å²) in [7, 11) is 0. The van der Waals surface area contributed by atoms with Gasteiger partial charge in [-0.25, -0.2) is 0 Å². The molecular formula is C23H29N3O5. The van der Waals surface area contributed by atoms with Gasteiger partial charge >= 0.3 is 5.97 Å². The minimum absolute atomic E-state index is 0.0131. The number of rotatable bonds is 4. The number of amides is 3. The fourth-order valence-corrected chi connectivity index (χ4v) is 4.99. The van der Waals surface area contributed by atoms with E-state index < -0.39 is 24.4 Å². The minimum Gasteiger partial charge on any atom is -0.455 e. The molecule has 1 aromatic rings. The van der Waals surface area contributed by atoms with Gasteiger partial charge in [-0.3, -0.25) is 24.1 Å². The van der Waals surface area contributed by atoms with Crippen molar-refractivity contribution in [2.24, 2.45) is 17.8 Å². The van der Waals surface area contributed by atoms with Gasteiger partial charge in [0.2, 0.25) is 11.8 Å². The fraction of sp³-hybridized carbons (Fsp3) is 0.565. The van der Waals surface area contributed by atoms with Crippen LogP contribution in [-0.2, 0) is 23.9 Å². The highest BCUT2D eigenvalue weighted by atomic mass is 16.5. The van der Waals surface area contributed by atoms with Gasteiger partial charge in [-0.2, -0.15) is 0 Å². The van der Waals surface area contributed by atoms with Crippen molar-refractivity contribution in [3.05, 3.63) is 24.3 Å². The molecule has 1 saturated carbocycles. The van der Waals surface area contributed by atoms with Crippen LogP contribution in [0.5, 0.6) is 0 Å². The molecule has 2 fully saturated rings. The zero-order valence-electron chi connectivity index (χ0n) is 18.0. The number of anilines is 2. The van der Waals surface area contributed by atoms with Crippen molar-refractivity contribution < 1.29 is 23.9 Å². The monoisotopic (exact) mass is 427 g/mol. The average molecular weight is 428 g/mol. The van der Waals surface area contributed by atoms with Gasteiger partial charge in [0, 0.05) is 19.0 Å². The summed E-state index contributed by atoms with van der Waals surface area (Å²) in [5.41, 5.74) is 1.12. The lowest BCUT2D eigenvalue weighted by atomic mass is 9.77. The van der Waals surface area contributed by atoms with Crippen molar-refractivity contribution >= 4 is 35.1 Å². The van der Waals surface area contributed by atoms with Gasteiger partial charge in [-0.05, 0) is 30.4 Å². The summed E-state index contributed by atoms with van der Waals surface area (Å²) >= 11 is 0. The molecule has 0 aromatic heterocycles. The van der Waals surface area contributed by atoms with E-state index in [1.165, 1.54) is 11.3 Å². The summed E-state index contributed by atoms with van der Waals surface area (Å²) < 4.78 is 5.28. The number of carbonyl (C=O) groups is 4. The Bertz CT molecular complexity index is 901. The number of para-hydroxylation sites is 2. The van der Waals surface area contributed by atoms with E-state index in [0.717, 1.165) is 12.8 Å². The third-order valence-corrected chi connectivity index (χ3v) is 6.97. The Balaban J connectivity index is 1.35. The van der Waals surface area contributed by atoms with E-state index in [-0.39, 0.29) is 30.8 Å². The maximum absolute atomic E-state index is 12.7. The highest BCUT2D eigenvalue weighted by molar-refractivity contribution is 6.10. The molecule has 1 saturated heterocycles. The summed E-state index contributed by atoms with van der Waals surface area (Å²) in [4.78, 5) is 53.0. The number of hydrogen-bond donors (Lipinski definition) is 1. The van der Waals surface area contributed by atoms with E-state index in [1.54, 1.807) is 24.3 Å². The number of esters is 1. The van der Waals surface area contributed by atoms with Crippen molar-refractivity contribution in [2.75, 3.05) is 29.9 Å². The number of ether oxygens (including phenoxy) is 1. The zero-order valence-corrected chi connectivity index (χ0v) is 18.0. The number of hydrogen-bond acceptors (Lipinski definition) is 5. The largest absolute Gasteiger partial charge is 0.455 e. The van der Waals surface area contributed by atoms with Gasteiger partial charge in [0.1, 0.15) is 6.54 Å². The van der Waals surface area contributed by atoms with E-state index in [1.807, 2.05) is 4.90 Å². The molecule has 4 rings (SSSR count). The molecule has 2 heterocycles. The number of nitrogens with one attached hydrogen (secondary N) is 1. The van der Waals surface area contributed by atoms with E-state index >= 15 is 0 Å². The summed E-state index contributed by atoms with van der Waals surface area (Å²) in [5, 5.41) is 2.72. The molecule has 1 aromatic carbocycles. The third-order valence-electron chi connectivity index (χ3n) is 6.97. The molecule has 3 amide bonds. The van der Waals surface area contributed by atoms with Crippen molar-refractivity contribution in [3.8, 4) is 0 Å². The second kappa shape index (κ2) is 8.69. The highest BCUT2D eigenvalue weighted by Crippen LogP contribution is 2.36. The second-order valence-corrected chi connectivity index (χ2v) is 8.93. The van der Waals surface area contributed by atoms with Crippen molar-refractivity contribution in [1.29, 1.82) is 0 Å². The molecule has 3 aliphatic rings. The Morgan fingerprint density at radius 3 is 2.74 bits per heavy atom. The molecule has 2 aliphatic heterocycles. The first-order valence-electron chi connectivity index (χ1n) is 11.0. The first-order valence-corrected chi connectivity index (χ1v) is 11.0. The third kappa shape index (κ3) is 4.29. The van der Waals surface area contributed by atoms with Crippen LogP contribution in [0.4, 0.5) is 11.4 Å². The SMILES string of the molecule is C[C@H]1[C@H](N2C[C@H](C(=O)OCC(=O)N3CC(=O)Nc4ccccc43)CC2=O)CCC[C@@H]1C. The number of likely N-dealkylation sites (tertiary alicyclic amines) is 1. The molecule has 166 valence electrons. The summed E-state index contributed by atoms with van der Waals surface area (Å²) in [6.45, 7) is 4.16. The van der Waals surface area contributed by atoms with Crippen LogP contribution in [0, 0.1) is 17.8 Å². The van der Waals surface area contributed by atoms with Gasteiger partial charge in [0.05, 0.1) is 17.3 Å². The van der Waals surface area contributed by atoms with Crippen LogP contribution >= 0.6 is 0 Å². The lowest BCUT2D eigenvalue weighted by Crippen LogP contribution is -2.45. The lowest BCUT2D eigenvalue weighted by molar-refractivity contribution is -0.151. The molecule has 0 spiro atoms. The van der Waals surface area contributed by atoms with Crippen LogP contribution in [0.15, 0.2) is 24.3 Å². The Morgan fingerprint density at radius 1 is 1.16 bits per heavy atom. The zero-order chi connectivity index (χ0) is 22.1. The van der Waals surface area contributed by atoms with Crippen LogP contribution in [0.2, 0.25) is 0 Å². The van der Waals surface area contributed by atoms with Crippen LogP contribution < -0.4 is 10.2 Å². The van der Waals surface area contributed by atoms with E-state index in [4.69, 9.17) is 4.74 Å². The molecular weight excluding hydrogens is 398 g/mol. The Hall–Kier alpha value is -2.90. The molecule has 0 radical (unpaired) electrons. The molecule has 4 atom stereocenters. The van der Waals surface area contributed by atoms with Crippen molar-refractivity contribution in [3.63, 3.8) is 0 Å². The van der Waals surface area contributed by atoms with Gasteiger partial charge in [-0.1, -0.05) is 38.8 Å². The molecule has 0 bridgehead atoms. The second-order valence-electron chi connectivity index (χ2n) is 8.93. The molecule has 0 unspecified atom stereocenters. The lowest BCUT2D eigenvalue weighted by Gasteiger charge is -2.39. The van der Waals surface area contributed by atoms with Crippen LogP contribution in [0.25, 0.3) is 0 Å². The van der Waals surface area contributed by atoms with E-state index in [9.17, 15) is 19.2 Å². The quantitative estimate of drug-likeness (QED) is 0.743. The number of benzene rings is 1. The van der Waals surface area contributed by atoms with Crippen LogP contribution in [-0.4, -0.2) is 54.3 Å². The van der Waals surface area contributed by atoms with Gasteiger partial charge < -0.3 is 15.0 Å². The molecule has 8 nitrogen and oxygen atoms in total. The smallest absolute Gasteiger partial charge is 0.311 e. The van der Waals surface area contributed by atoms with Crippen molar-refractivity contribution in [2.45, 2.75) is 45.6 Å². The van der Waals surface area contributed by atoms with Gasteiger partial charge in [0.25, 0.3) is 5.91 Å². The topological polar surface area (TPSA) is 96.0 Å². The maximum atomic E-state index is 12.7. The van der Waals surface area contributed by atoms with Crippen LogP contribution in [0.3, 0.4) is 0 Å². The molecule has 8 heteroatoms. The predicted molar refractivity (Wildman–Crippen MR) is 114 cm³/mol. The maximum Gasteiger partial charge on any atom is 0.311 e. The van der Waals surface area contributed by atoms with Crippen molar-refractivity contribution in [1.82, 2.24) is 4.90 Å². The minimum atomic E-state index is -0.554.